The van der Waals surface area contributed by atoms with Gasteiger partial charge in [0, 0.05) is 11.7 Å². The summed E-state index contributed by atoms with van der Waals surface area (Å²) in [5.74, 6) is -0.346. The van der Waals surface area contributed by atoms with E-state index in [-0.39, 0.29) is 5.97 Å². The topological polar surface area (TPSA) is 43.4 Å². The van der Waals surface area contributed by atoms with Crippen molar-refractivity contribution in [2.24, 2.45) is 0 Å². The van der Waals surface area contributed by atoms with Crippen LogP contribution in [0.15, 0.2) is 12.2 Å². The number of esters is 1. The molecule has 0 aliphatic heterocycles. The van der Waals surface area contributed by atoms with Crippen LogP contribution in [-0.4, -0.2) is 32.1 Å². The van der Waals surface area contributed by atoms with Gasteiger partial charge in [-0.3, -0.25) is 0 Å². The zero-order valence-corrected chi connectivity index (χ0v) is 10.1. The van der Waals surface area contributed by atoms with Crippen LogP contribution < -0.4 is 0 Å². The second-order valence-corrected chi connectivity index (χ2v) is 7.52. The highest BCUT2D eigenvalue weighted by Crippen LogP contribution is 2.36. The van der Waals surface area contributed by atoms with Crippen LogP contribution in [-0.2, 0) is 14.1 Å². The first kappa shape index (κ1) is 13.4. The average Bonchev–Trinajstić information content (AvgIpc) is 2.01. The molecule has 0 amide bonds. The van der Waals surface area contributed by atoms with Crippen LogP contribution in [0.2, 0.25) is 0 Å². The molecular formula is C10H19O3P. The second-order valence-electron chi connectivity index (χ2n) is 3.92. The Morgan fingerprint density at radius 1 is 1.36 bits per heavy atom. The van der Waals surface area contributed by atoms with Crippen LogP contribution in [0.5, 0.6) is 0 Å². The van der Waals surface area contributed by atoms with Gasteiger partial charge in [-0.15, -0.1) is 0 Å². The minimum atomic E-state index is -1.91. The Morgan fingerprint density at radius 3 is 2.36 bits per heavy atom. The van der Waals surface area contributed by atoms with Gasteiger partial charge in [0.15, 0.2) is 0 Å². The number of carbonyl (C=O) groups excluding carboxylic acids is 1. The predicted molar refractivity (Wildman–Crippen MR) is 59.3 cm³/mol. The molecule has 0 aliphatic rings. The van der Waals surface area contributed by atoms with Crippen molar-refractivity contribution in [3.63, 3.8) is 0 Å². The van der Waals surface area contributed by atoms with Gasteiger partial charge < -0.3 is 9.30 Å². The van der Waals surface area contributed by atoms with Gasteiger partial charge in [0.2, 0.25) is 0 Å². The minimum absolute atomic E-state index is 0.346. The first-order valence-corrected chi connectivity index (χ1v) is 7.48. The van der Waals surface area contributed by atoms with Crippen molar-refractivity contribution in [3.8, 4) is 0 Å². The number of unbranched alkanes of at least 4 members (excludes halogenated alkanes) is 1. The fourth-order valence-electron chi connectivity index (χ4n) is 0.883. The van der Waals surface area contributed by atoms with E-state index in [2.05, 4.69) is 6.58 Å². The standard InChI is InChI=1S/C10H19O3P/c1-9(2)10(11)13-7-5-6-8-14(3,4)12/h1,5-8H2,2-4H3. The van der Waals surface area contributed by atoms with Crippen molar-refractivity contribution in [3.05, 3.63) is 12.2 Å². The lowest BCUT2D eigenvalue weighted by Crippen LogP contribution is -2.06. The second kappa shape index (κ2) is 6.02. The van der Waals surface area contributed by atoms with Crippen LogP contribution in [0, 0.1) is 0 Å². The fraction of sp³-hybridized carbons (Fsp3) is 0.700. The molecule has 14 heavy (non-hydrogen) atoms. The summed E-state index contributed by atoms with van der Waals surface area (Å²) in [5, 5.41) is 0. The molecule has 0 bridgehead atoms. The summed E-state index contributed by atoms with van der Waals surface area (Å²) in [6.07, 6.45) is 2.33. The Labute approximate surface area is 85.9 Å². The summed E-state index contributed by atoms with van der Waals surface area (Å²) >= 11 is 0. The van der Waals surface area contributed by atoms with Crippen molar-refractivity contribution in [1.82, 2.24) is 0 Å². The zero-order chi connectivity index (χ0) is 11.2. The van der Waals surface area contributed by atoms with Crippen molar-refractivity contribution in [2.45, 2.75) is 19.8 Å². The fourth-order valence-corrected chi connectivity index (χ4v) is 1.87. The maximum absolute atomic E-state index is 11.3. The van der Waals surface area contributed by atoms with E-state index in [0.717, 1.165) is 19.0 Å². The van der Waals surface area contributed by atoms with E-state index in [1.54, 1.807) is 20.3 Å². The van der Waals surface area contributed by atoms with E-state index >= 15 is 0 Å². The normalized spacial score (nSPS) is 11.1. The molecule has 4 heteroatoms. The zero-order valence-electron chi connectivity index (χ0n) is 9.21. The van der Waals surface area contributed by atoms with Gasteiger partial charge in [0.25, 0.3) is 0 Å². The van der Waals surface area contributed by atoms with Gasteiger partial charge in [-0.2, -0.15) is 0 Å². The van der Waals surface area contributed by atoms with Gasteiger partial charge >= 0.3 is 5.97 Å². The van der Waals surface area contributed by atoms with E-state index in [1.807, 2.05) is 0 Å². The van der Waals surface area contributed by atoms with Gasteiger partial charge in [-0.1, -0.05) is 6.58 Å². The number of hydrogen-bond donors (Lipinski definition) is 0. The largest absolute Gasteiger partial charge is 0.462 e. The van der Waals surface area contributed by atoms with Crippen molar-refractivity contribution < 1.29 is 14.1 Å². The van der Waals surface area contributed by atoms with Crippen LogP contribution in [0.4, 0.5) is 0 Å². The molecule has 0 aromatic rings. The number of carbonyl (C=O) groups is 1. The molecule has 0 atom stereocenters. The van der Waals surface area contributed by atoms with E-state index < -0.39 is 7.14 Å². The highest BCUT2D eigenvalue weighted by molar-refractivity contribution is 7.62. The summed E-state index contributed by atoms with van der Waals surface area (Å²) < 4.78 is 16.2. The molecule has 3 nitrogen and oxygen atoms in total. The van der Waals surface area contributed by atoms with Crippen molar-refractivity contribution in [1.29, 1.82) is 0 Å². The van der Waals surface area contributed by atoms with Crippen LogP contribution >= 0.6 is 7.14 Å². The maximum Gasteiger partial charge on any atom is 0.333 e. The lowest BCUT2D eigenvalue weighted by atomic mass is 10.3. The molecule has 0 spiro atoms. The Hall–Kier alpha value is -0.560. The third-order valence-corrected chi connectivity index (χ3v) is 3.07. The van der Waals surface area contributed by atoms with Gasteiger partial charge in [-0.05, 0) is 33.1 Å². The quantitative estimate of drug-likeness (QED) is 0.298. The third kappa shape index (κ3) is 8.06. The highest BCUT2D eigenvalue weighted by atomic mass is 31.2. The minimum Gasteiger partial charge on any atom is -0.462 e. The molecule has 0 rings (SSSR count). The molecule has 0 aliphatic carbocycles. The van der Waals surface area contributed by atoms with Gasteiger partial charge in [0.05, 0.1) is 13.7 Å². The van der Waals surface area contributed by atoms with E-state index in [4.69, 9.17) is 4.74 Å². The SMILES string of the molecule is C=C(C)C(=O)OCCCCP(C)(C)=O. The lowest BCUT2D eigenvalue weighted by Gasteiger charge is -2.06. The average molecular weight is 218 g/mol. The van der Waals surface area contributed by atoms with Gasteiger partial charge in [0.1, 0.15) is 0 Å². The summed E-state index contributed by atoms with van der Waals surface area (Å²) in [7, 11) is -1.91. The molecule has 82 valence electrons. The molecule has 0 saturated heterocycles. The Balaban J connectivity index is 3.44. The maximum atomic E-state index is 11.3. The smallest absolute Gasteiger partial charge is 0.333 e. The van der Waals surface area contributed by atoms with E-state index in [1.165, 1.54) is 0 Å². The van der Waals surface area contributed by atoms with E-state index in [9.17, 15) is 9.36 Å². The Bertz CT molecular complexity index is 252. The van der Waals surface area contributed by atoms with Crippen molar-refractivity contribution in [2.75, 3.05) is 26.1 Å². The van der Waals surface area contributed by atoms with Crippen LogP contribution in [0.1, 0.15) is 19.8 Å². The van der Waals surface area contributed by atoms with Crippen LogP contribution in [0.25, 0.3) is 0 Å². The third-order valence-electron chi connectivity index (χ3n) is 1.67. The van der Waals surface area contributed by atoms with Crippen LogP contribution in [0.3, 0.4) is 0 Å². The molecular weight excluding hydrogens is 199 g/mol. The Kier molecular flexibility index (Phi) is 5.78. The molecule has 0 radical (unpaired) electrons. The van der Waals surface area contributed by atoms with E-state index in [0.29, 0.717) is 12.2 Å². The summed E-state index contributed by atoms with van der Waals surface area (Å²) in [6.45, 7) is 9.03. The number of hydrogen-bond acceptors (Lipinski definition) is 3. The molecule has 0 aromatic heterocycles. The molecule has 0 aromatic carbocycles. The lowest BCUT2D eigenvalue weighted by molar-refractivity contribution is -0.139. The molecule has 0 heterocycles. The Morgan fingerprint density at radius 2 is 1.93 bits per heavy atom. The first-order valence-electron chi connectivity index (χ1n) is 4.69. The summed E-state index contributed by atoms with van der Waals surface area (Å²) in [4.78, 5) is 10.9. The molecule has 0 unspecified atom stereocenters. The van der Waals surface area contributed by atoms with Gasteiger partial charge in [-0.25, -0.2) is 4.79 Å². The number of rotatable bonds is 6. The molecule has 0 saturated carbocycles. The monoisotopic (exact) mass is 218 g/mol. The number of ether oxygens (including phenoxy) is 1. The first-order chi connectivity index (χ1) is 6.33. The predicted octanol–water partition coefficient (Wildman–Crippen LogP) is 2.51. The summed E-state index contributed by atoms with van der Waals surface area (Å²) in [5.41, 5.74) is 0.418. The summed E-state index contributed by atoms with van der Waals surface area (Å²) in [6, 6.07) is 0. The van der Waals surface area contributed by atoms with Crippen molar-refractivity contribution >= 4 is 13.1 Å². The highest BCUT2D eigenvalue weighted by Gasteiger charge is 2.06. The molecule has 0 fully saturated rings. The molecule has 0 N–H and O–H groups in total.